The van der Waals surface area contributed by atoms with E-state index < -0.39 is 0 Å². The highest BCUT2D eigenvalue weighted by Crippen LogP contribution is 2.13. The van der Waals surface area contributed by atoms with Crippen molar-refractivity contribution in [1.82, 2.24) is 19.9 Å². The van der Waals surface area contributed by atoms with Crippen LogP contribution >= 0.6 is 15.9 Å². The number of carbonyl (C=O) groups is 1. The Balaban J connectivity index is 2.18. The Morgan fingerprint density at radius 1 is 1.58 bits per heavy atom. The molecule has 19 heavy (non-hydrogen) atoms. The lowest BCUT2D eigenvalue weighted by Crippen LogP contribution is -2.32. The lowest BCUT2D eigenvalue weighted by atomic mass is 10.3. The van der Waals surface area contributed by atoms with Crippen LogP contribution in [-0.4, -0.2) is 27.0 Å². The van der Waals surface area contributed by atoms with Crippen LogP contribution in [-0.2, 0) is 11.3 Å². The number of carbonyl (C=O) groups excluding carboxylic acids is 1. The number of amides is 1. The van der Waals surface area contributed by atoms with Crippen LogP contribution in [0.4, 0.5) is 0 Å². The molecular formula is C12H15BrN4O2. The fraction of sp³-hybridized carbons (Fsp3) is 0.417. The molecule has 0 fully saturated rings. The van der Waals surface area contributed by atoms with Crippen LogP contribution in [0.15, 0.2) is 21.5 Å². The minimum Gasteiger partial charge on any atom is -0.355 e. The molecule has 2 rings (SSSR count). The van der Waals surface area contributed by atoms with Crippen molar-refractivity contribution in [2.24, 2.45) is 0 Å². The van der Waals surface area contributed by atoms with Gasteiger partial charge in [0.15, 0.2) is 5.65 Å². The van der Waals surface area contributed by atoms with Crippen molar-refractivity contribution in [2.45, 2.75) is 26.3 Å². The summed E-state index contributed by atoms with van der Waals surface area (Å²) in [5.41, 5.74) is 0.769. The second-order valence-electron chi connectivity index (χ2n) is 4.24. The Labute approximate surface area is 118 Å². The average molecular weight is 327 g/mol. The van der Waals surface area contributed by atoms with Gasteiger partial charge in [-0.1, -0.05) is 13.3 Å². The van der Waals surface area contributed by atoms with Gasteiger partial charge in [0.05, 0.1) is 5.52 Å². The molecule has 0 spiro atoms. The highest BCUT2D eigenvalue weighted by Gasteiger charge is 2.11. The SMILES string of the molecule is CCCCNC(=O)Cn1c(=O)[nH]c2cc(Br)cnc21. The zero-order valence-electron chi connectivity index (χ0n) is 10.6. The zero-order chi connectivity index (χ0) is 13.8. The van der Waals surface area contributed by atoms with Crippen molar-refractivity contribution in [3.63, 3.8) is 0 Å². The number of aromatic nitrogens is 3. The van der Waals surface area contributed by atoms with E-state index in [-0.39, 0.29) is 18.1 Å². The molecule has 0 saturated carbocycles. The van der Waals surface area contributed by atoms with E-state index in [1.165, 1.54) is 4.57 Å². The van der Waals surface area contributed by atoms with Crippen molar-refractivity contribution in [1.29, 1.82) is 0 Å². The maximum Gasteiger partial charge on any atom is 0.328 e. The molecule has 2 heterocycles. The number of fused-ring (bicyclic) bond motifs is 1. The van der Waals surface area contributed by atoms with Crippen molar-refractivity contribution < 1.29 is 4.79 Å². The second-order valence-corrected chi connectivity index (χ2v) is 5.16. The number of hydrogen-bond donors (Lipinski definition) is 2. The van der Waals surface area contributed by atoms with Gasteiger partial charge in [0.2, 0.25) is 5.91 Å². The van der Waals surface area contributed by atoms with Gasteiger partial charge < -0.3 is 10.3 Å². The Kier molecular flexibility index (Phi) is 4.36. The third-order valence-corrected chi connectivity index (χ3v) is 3.16. The summed E-state index contributed by atoms with van der Waals surface area (Å²) < 4.78 is 2.11. The number of H-pyrrole nitrogens is 1. The number of hydrogen-bond acceptors (Lipinski definition) is 3. The smallest absolute Gasteiger partial charge is 0.328 e. The number of unbranched alkanes of at least 4 members (excludes halogenated alkanes) is 1. The molecule has 0 unspecified atom stereocenters. The van der Waals surface area contributed by atoms with E-state index in [9.17, 15) is 9.59 Å². The maximum absolute atomic E-state index is 11.8. The molecule has 6 nitrogen and oxygen atoms in total. The fourth-order valence-corrected chi connectivity index (χ4v) is 2.10. The summed E-state index contributed by atoms with van der Waals surface area (Å²) in [7, 11) is 0. The van der Waals surface area contributed by atoms with Gasteiger partial charge in [0.1, 0.15) is 6.54 Å². The van der Waals surface area contributed by atoms with Crippen LogP contribution in [0.1, 0.15) is 19.8 Å². The second kappa shape index (κ2) is 6.01. The van der Waals surface area contributed by atoms with Gasteiger partial charge in [-0.2, -0.15) is 0 Å². The summed E-state index contributed by atoms with van der Waals surface area (Å²) in [6, 6.07) is 1.76. The molecule has 2 aromatic heterocycles. The monoisotopic (exact) mass is 326 g/mol. The van der Waals surface area contributed by atoms with Gasteiger partial charge in [-0.3, -0.25) is 9.36 Å². The summed E-state index contributed by atoms with van der Waals surface area (Å²) in [4.78, 5) is 30.3. The summed E-state index contributed by atoms with van der Waals surface area (Å²) in [5.74, 6) is -0.179. The van der Waals surface area contributed by atoms with Gasteiger partial charge in [-0.15, -0.1) is 0 Å². The van der Waals surface area contributed by atoms with Crippen molar-refractivity contribution in [3.8, 4) is 0 Å². The largest absolute Gasteiger partial charge is 0.355 e. The number of halogens is 1. The van der Waals surface area contributed by atoms with E-state index in [1.807, 2.05) is 0 Å². The first-order valence-corrected chi connectivity index (χ1v) is 6.92. The highest BCUT2D eigenvalue weighted by molar-refractivity contribution is 9.10. The first kappa shape index (κ1) is 13.8. The van der Waals surface area contributed by atoms with Gasteiger partial charge >= 0.3 is 5.69 Å². The molecule has 7 heteroatoms. The molecule has 0 atom stereocenters. The Morgan fingerprint density at radius 3 is 3.11 bits per heavy atom. The van der Waals surface area contributed by atoms with E-state index in [0.29, 0.717) is 17.7 Å². The number of rotatable bonds is 5. The lowest BCUT2D eigenvalue weighted by molar-refractivity contribution is -0.121. The fourth-order valence-electron chi connectivity index (χ4n) is 1.77. The Bertz CT molecular complexity index is 647. The van der Waals surface area contributed by atoms with Crippen LogP contribution in [0.5, 0.6) is 0 Å². The van der Waals surface area contributed by atoms with E-state index in [2.05, 4.69) is 38.1 Å². The van der Waals surface area contributed by atoms with Gasteiger partial charge in [-0.05, 0) is 28.4 Å². The van der Waals surface area contributed by atoms with Crippen molar-refractivity contribution >= 4 is 33.0 Å². The van der Waals surface area contributed by atoms with Crippen LogP contribution < -0.4 is 11.0 Å². The Morgan fingerprint density at radius 2 is 2.37 bits per heavy atom. The third-order valence-electron chi connectivity index (χ3n) is 2.73. The third kappa shape index (κ3) is 3.23. The minimum absolute atomic E-state index is 0.0167. The van der Waals surface area contributed by atoms with Crippen LogP contribution in [0.25, 0.3) is 11.2 Å². The van der Waals surface area contributed by atoms with Crippen molar-refractivity contribution in [3.05, 3.63) is 27.2 Å². The number of imidazole rings is 1. The molecule has 0 aliphatic heterocycles. The maximum atomic E-state index is 11.8. The highest BCUT2D eigenvalue weighted by atomic mass is 79.9. The molecular weight excluding hydrogens is 312 g/mol. The molecule has 0 radical (unpaired) electrons. The number of nitrogens with zero attached hydrogens (tertiary/aromatic N) is 2. The molecule has 0 aromatic carbocycles. The summed E-state index contributed by atoms with van der Waals surface area (Å²) in [6.07, 6.45) is 3.55. The predicted octanol–water partition coefficient (Wildman–Crippen LogP) is 1.40. The molecule has 2 aromatic rings. The quantitative estimate of drug-likeness (QED) is 0.815. The van der Waals surface area contributed by atoms with E-state index in [0.717, 1.165) is 17.3 Å². The van der Waals surface area contributed by atoms with Gasteiger partial charge in [0, 0.05) is 17.2 Å². The standard InChI is InChI=1S/C12H15BrN4O2/c1-2-3-4-14-10(18)7-17-11-9(16-12(17)19)5-8(13)6-15-11/h5-6H,2-4,7H2,1H3,(H,14,18)(H,16,19). The summed E-state index contributed by atoms with van der Waals surface area (Å²) in [6.45, 7) is 2.67. The molecule has 0 aliphatic rings. The molecule has 2 N–H and O–H groups in total. The summed E-state index contributed by atoms with van der Waals surface area (Å²) in [5, 5.41) is 2.78. The van der Waals surface area contributed by atoms with Gasteiger partial charge in [-0.25, -0.2) is 9.78 Å². The van der Waals surface area contributed by atoms with Gasteiger partial charge in [0.25, 0.3) is 0 Å². The normalized spacial score (nSPS) is 10.8. The van der Waals surface area contributed by atoms with Crippen LogP contribution in [0, 0.1) is 0 Å². The van der Waals surface area contributed by atoms with Crippen molar-refractivity contribution in [2.75, 3.05) is 6.54 Å². The first-order valence-electron chi connectivity index (χ1n) is 6.12. The molecule has 102 valence electrons. The summed E-state index contributed by atoms with van der Waals surface area (Å²) >= 11 is 3.29. The molecule has 0 bridgehead atoms. The first-order chi connectivity index (χ1) is 9.11. The zero-order valence-corrected chi connectivity index (χ0v) is 12.2. The van der Waals surface area contributed by atoms with Crippen LogP contribution in [0.3, 0.4) is 0 Å². The topological polar surface area (TPSA) is 79.8 Å². The Hall–Kier alpha value is -1.63. The number of pyridine rings is 1. The van der Waals surface area contributed by atoms with E-state index >= 15 is 0 Å². The van der Waals surface area contributed by atoms with E-state index in [1.54, 1.807) is 12.3 Å². The number of nitrogens with one attached hydrogen (secondary N) is 2. The average Bonchev–Trinajstić information content (AvgIpc) is 2.65. The number of aromatic amines is 1. The minimum atomic E-state index is -0.328. The van der Waals surface area contributed by atoms with E-state index in [4.69, 9.17) is 0 Å². The molecule has 0 aliphatic carbocycles. The lowest BCUT2D eigenvalue weighted by Gasteiger charge is -2.04. The predicted molar refractivity (Wildman–Crippen MR) is 76.0 cm³/mol. The molecule has 1 amide bonds. The van der Waals surface area contributed by atoms with Crippen LogP contribution in [0.2, 0.25) is 0 Å². The molecule has 0 saturated heterocycles.